The fourth-order valence-corrected chi connectivity index (χ4v) is 3.43. The highest BCUT2D eigenvalue weighted by Crippen LogP contribution is 2.52. The van der Waals surface area contributed by atoms with E-state index in [1.165, 1.54) is 6.07 Å². The molecule has 0 saturated heterocycles. The maximum Gasteiger partial charge on any atom is 0.311 e. The molecule has 1 unspecified atom stereocenters. The molecule has 5 heteroatoms. The van der Waals surface area contributed by atoms with Gasteiger partial charge in [-0.15, -0.1) is 0 Å². The van der Waals surface area contributed by atoms with Gasteiger partial charge in [0, 0.05) is 17.3 Å². The summed E-state index contributed by atoms with van der Waals surface area (Å²) in [6.45, 7) is 4.16. The Balaban J connectivity index is 1.87. The molecule has 5 nitrogen and oxygen atoms in total. The van der Waals surface area contributed by atoms with Crippen LogP contribution in [-0.2, 0) is 5.41 Å². The highest BCUT2D eigenvalue weighted by atomic mass is 16.6. The van der Waals surface area contributed by atoms with Crippen molar-refractivity contribution in [3.63, 3.8) is 0 Å². The van der Waals surface area contributed by atoms with Crippen LogP contribution in [0.2, 0.25) is 0 Å². The third-order valence-corrected chi connectivity index (χ3v) is 4.83. The van der Waals surface area contributed by atoms with Crippen molar-refractivity contribution in [2.24, 2.45) is 0 Å². The quantitative estimate of drug-likeness (QED) is 0.636. The van der Waals surface area contributed by atoms with E-state index in [9.17, 15) is 10.1 Å². The molecule has 2 aromatic carbocycles. The molecule has 0 amide bonds. The van der Waals surface area contributed by atoms with E-state index in [0.717, 1.165) is 16.8 Å². The van der Waals surface area contributed by atoms with Crippen molar-refractivity contribution in [3.8, 4) is 5.75 Å². The van der Waals surface area contributed by atoms with Gasteiger partial charge >= 0.3 is 5.69 Å². The molecule has 0 radical (unpaired) electrons. The highest BCUT2D eigenvalue weighted by molar-refractivity contribution is 5.73. The summed E-state index contributed by atoms with van der Waals surface area (Å²) < 4.78 is 6.23. The number of hydrogen-bond donors (Lipinski definition) is 1. The van der Waals surface area contributed by atoms with E-state index >= 15 is 0 Å². The minimum atomic E-state index is -0.838. The Kier molecular flexibility index (Phi) is 2.61. The monoisotopic (exact) mass is 308 g/mol. The van der Waals surface area contributed by atoms with Crippen LogP contribution in [0.4, 0.5) is 11.4 Å². The number of hydrogen-bond acceptors (Lipinski definition) is 4. The highest BCUT2D eigenvalue weighted by Gasteiger charge is 2.54. The lowest BCUT2D eigenvalue weighted by Crippen LogP contribution is -2.53. The van der Waals surface area contributed by atoms with Crippen LogP contribution in [0.3, 0.4) is 0 Å². The zero-order valence-electron chi connectivity index (χ0n) is 12.9. The summed E-state index contributed by atoms with van der Waals surface area (Å²) >= 11 is 0. The first kappa shape index (κ1) is 13.8. The van der Waals surface area contributed by atoms with E-state index in [-0.39, 0.29) is 11.1 Å². The Morgan fingerprint density at radius 2 is 1.91 bits per heavy atom. The second-order valence-electron chi connectivity index (χ2n) is 6.42. The number of ether oxygens (including phenoxy) is 1. The molecule has 2 aliphatic heterocycles. The number of rotatable bonds is 1. The fraction of sp³-hybridized carbons (Fsp3) is 0.222. The summed E-state index contributed by atoms with van der Waals surface area (Å²) in [6.07, 6.45) is 3.85. The van der Waals surface area contributed by atoms with Crippen molar-refractivity contribution in [2.75, 3.05) is 5.32 Å². The molecular formula is C18H16N2O3. The van der Waals surface area contributed by atoms with Gasteiger partial charge in [-0.2, -0.15) is 0 Å². The summed E-state index contributed by atoms with van der Waals surface area (Å²) in [4.78, 5) is 10.9. The summed E-state index contributed by atoms with van der Waals surface area (Å²) in [7, 11) is 0. The molecule has 1 N–H and O–H groups in total. The maximum absolute atomic E-state index is 11.3. The molecule has 1 atom stereocenters. The number of benzene rings is 2. The average Bonchev–Trinajstić information content (AvgIpc) is 2.74. The number of nitrogens with zero attached hydrogens (tertiary/aromatic N) is 1. The maximum atomic E-state index is 11.3. The van der Waals surface area contributed by atoms with Crippen LogP contribution in [0.1, 0.15) is 25.0 Å². The molecule has 0 aromatic heterocycles. The van der Waals surface area contributed by atoms with Crippen molar-refractivity contribution < 1.29 is 9.66 Å². The molecule has 2 aromatic rings. The zero-order chi connectivity index (χ0) is 16.2. The Morgan fingerprint density at radius 3 is 2.65 bits per heavy atom. The van der Waals surface area contributed by atoms with Gasteiger partial charge < -0.3 is 10.1 Å². The summed E-state index contributed by atoms with van der Waals surface area (Å²) in [5.74, 6) is 0.313. The normalized spacial score (nSPS) is 22.9. The molecule has 1 spiro atoms. The number of nitro benzene ring substituents is 1. The van der Waals surface area contributed by atoms with E-state index in [1.807, 2.05) is 36.4 Å². The van der Waals surface area contributed by atoms with Gasteiger partial charge in [0.05, 0.1) is 10.3 Å². The SMILES string of the molecule is CC1(C)c2ccccc2NC12C=Cc1cccc([N+](=O)[O-])c1O2. The van der Waals surface area contributed by atoms with Gasteiger partial charge in [0.1, 0.15) is 0 Å². The first-order chi connectivity index (χ1) is 10.9. The second kappa shape index (κ2) is 4.35. The molecule has 0 bridgehead atoms. The van der Waals surface area contributed by atoms with Gasteiger partial charge in [0.2, 0.25) is 11.5 Å². The van der Waals surface area contributed by atoms with E-state index < -0.39 is 10.6 Å². The minimum Gasteiger partial charge on any atom is -0.456 e. The molecular weight excluding hydrogens is 292 g/mol. The molecule has 23 heavy (non-hydrogen) atoms. The first-order valence-corrected chi connectivity index (χ1v) is 7.48. The second-order valence-corrected chi connectivity index (χ2v) is 6.42. The Labute approximate surface area is 133 Å². The van der Waals surface area contributed by atoms with Crippen molar-refractivity contribution >= 4 is 17.5 Å². The van der Waals surface area contributed by atoms with E-state index in [1.54, 1.807) is 6.07 Å². The summed E-state index contributed by atoms with van der Waals surface area (Å²) in [5.41, 5.74) is 1.62. The van der Waals surface area contributed by atoms with Gasteiger partial charge in [-0.3, -0.25) is 10.1 Å². The van der Waals surface area contributed by atoms with Crippen LogP contribution in [0.5, 0.6) is 5.75 Å². The standard InChI is InChI=1S/C18H16N2O3/c1-17(2)13-7-3-4-8-14(13)19-18(17)11-10-12-6-5-9-15(20(21)22)16(12)23-18/h3-11,19H,1-2H3. The summed E-state index contributed by atoms with van der Waals surface area (Å²) in [5, 5.41) is 14.8. The molecule has 4 rings (SSSR count). The Hall–Kier alpha value is -2.82. The zero-order valence-corrected chi connectivity index (χ0v) is 12.9. The third-order valence-electron chi connectivity index (χ3n) is 4.83. The molecule has 116 valence electrons. The van der Waals surface area contributed by atoms with Gasteiger partial charge in [-0.25, -0.2) is 0 Å². The molecule has 2 heterocycles. The van der Waals surface area contributed by atoms with Crippen molar-refractivity contribution in [2.45, 2.75) is 25.0 Å². The number of para-hydroxylation sites is 2. The van der Waals surface area contributed by atoms with Crippen molar-refractivity contribution in [3.05, 3.63) is 69.8 Å². The molecule has 0 saturated carbocycles. The molecule has 2 aliphatic rings. The summed E-state index contributed by atoms with van der Waals surface area (Å²) in [6, 6.07) is 13.0. The predicted molar refractivity (Wildman–Crippen MR) is 88.6 cm³/mol. The average molecular weight is 308 g/mol. The number of nitrogens with one attached hydrogen (secondary N) is 1. The molecule has 0 fully saturated rings. The lowest BCUT2D eigenvalue weighted by Gasteiger charge is -2.41. The van der Waals surface area contributed by atoms with E-state index in [2.05, 4.69) is 25.2 Å². The van der Waals surface area contributed by atoms with Crippen molar-refractivity contribution in [1.82, 2.24) is 0 Å². The van der Waals surface area contributed by atoms with E-state index in [0.29, 0.717) is 5.75 Å². The number of nitro groups is 1. The number of anilines is 1. The largest absolute Gasteiger partial charge is 0.456 e. The molecule has 0 aliphatic carbocycles. The van der Waals surface area contributed by atoms with Crippen LogP contribution in [0.15, 0.2) is 48.5 Å². The van der Waals surface area contributed by atoms with E-state index in [4.69, 9.17) is 4.74 Å². The van der Waals surface area contributed by atoms with Crippen molar-refractivity contribution in [1.29, 1.82) is 0 Å². The minimum absolute atomic E-state index is 0.0141. The Morgan fingerprint density at radius 1 is 1.13 bits per heavy atom. The van der Waals surface area contributed by atoms with Crippen LogP contribution < -0.4 is 10.1 Å². The van der Waals surface area contributed by atoms with Crippen LogP contribution in [0, 0.1) is 10.1 Å². The first-order valence-electron chi connectivity index (χ1n) is 7.48. The lowest BCUT2D eigenvalue weighted by atomic mass is 9.76. The smallest absolute Gasteiger partial charge is 0.311 e. The van der Waals surface area contributed by atoms with Gasteiger partial charge in [-0.05, 0) is 37.6 Å². The topological polar surface area (TPSA) is 64.4 Å². The lowest BCUT2D eigenvalue weighted by molar-refractivity contribution is -0.386. The van der Waals surface area contributed by atoms with Crippen LogP contribution in [0.25, 0.3) is 6.08 Å². The number of fused-ring (bicyclic) bond motifs is 2. The van der Waals surface area contributed by atoms with Gasteiger partial charge in [0.25, 0.3) is 0 Å². The third kappa shape index (κ3) is 1.73. The van der Waals surface area contributed by atoms with Gasteiger partial charge in [0.15, 0.2) is 0 Å². The van der Waals surface area contributed by atoms with Crippen LogP contribution >= 0.6 is 0 Å². The fourth-order valence-electron chi connectivity index (χ4n) is 3.43. The Bertz CT molecular complexity index is 857. The van der Waals surface area contributed by atoms with Gasteiger partial charge in [-0.1, -0.05) is 30.3 Å². The van der Waals surface area contributed by atoms with Crippen LogP contribution in [-0.4, -0.2) is 10.6 Å². The predicted octanol–water partition coefficient (Wildman–Crippen LogP) is 4.10.